The van der Waals surface area contributed by atoms with Gasteiger partial charge in [-0.05, 0) is 69.1 Å². The zero-order chi connectivity index (χ0) is 23.9. The van der Waals surface area contributed by atoms with Crippen LogP contribution in [0.15, 0.2) is 30.4 Å². The molecule has 0 saturated heterocycles. The summed E-state index contributed by atoms with van der Waals surface area (Å²) in [6.07, 6.45) is 4.45. The number of aromatic nitrogens is 1. The second kappa shape index (κ2) is 8.69. The van der Waals surface area contributed by atoms with E-state index < -0.39 is 13.9 Å². The van der Waals surface area contributed by atoms with Crippen LogP contribution in [0.4, 0.5) is 10.5 Å². The fourth-order valence-corrected chi connectivity index (χ4v) is 4.50. The van der Waals surface area contributed by atoms with Crippen LogP contribution in [0, 0.1) is 0 Å². The Bertz CT molecular complexity index is 1030. The van der Waals surface area contributed by atoms with Crippen LogP contribution in [0.5, 0.6) is 0 Å². The van der Waals surface area contributed by atoms with Crippen molar-refractivity contribution in [1.29, 1.82) is 0 Å². The van der Waals surface area contributed by atoms with Crippen molar-refractivity contribution in [3.8, 4) is 0 Å². The molecule has 0 bridgehead atoms. The van der Waals surface area contributed by atoms with Crippen molar-refractivity contribution in [3.63, 3.8) is 0 Å². The fraction of sp³-hybridized carbons (Fsp3) is 0.560. The van der Waals surface area contributed by atoms with Crippen LogP contribution in [0.3, 0.4) is 0 Å². The largest absolute Gasteiger partial charge is 0.443 e. The Kier molecular flexibility index (Phi) is 6.66. The van der Waals surface area contributed by atoms with Crippen LogP contribution in [0.2, 0.25) is 18.1 Å². The fourth-order valence-electron chi connectivity index (χ4n) is 3.55. The van der Waals surface area contributed by atoms with Crippen LogP contribution >= 0.6 is 0 Å². The molecule has 7 heteroatoms. The van der Waals surface area contributed by atoms with Gasteiger partial charge in [-0.1, -0.05) is 32.9 Å². The molecule has 6 nitrogen and oxygen atoms in total. The topological polar surface area (TPSA) is 63.9 Å². The Balaban J connectivity index is 2.01. The Morgan fingerprint density at radius 3 is 2.38 bits per heavy atom. The maximum Gasteiger partial charge on any atom is 0.415 e. The summed E-state index contributed by atoms with van der Waals surface area (Å²) in [5.41, 5.74) is 3.13. The van der Waals surface area contributed by atoms with Gasteiger partial charge >= 0.3 is 6.09 Å². The molecular formula is C25H38N2O4Si. The summed E-state index contributed by atoms with van der Waals surface area (Å²) in [7, 11) is -1.93. The van der Waals surface area contributed by atoms with Crippen LogP contribution < -0.4 is 4.90 Å². The molecule has 0 radical (unpaired) electrons. The number of amides is 1. The predicted octanol–water partition coefficient (Wildman–Crippen LogP) is 5.97. The Hall–Kier alpha value is -2.09. The molecule has 1 aliphatic rings. The van der Waals surface area contributed by atoms with Gasteiger partial charge in [-0.3, -0.25) is 4.90 Å². The van der Waals surface area contributed by atoms with Gasteiger partial charge in [0.05, 0.1) is 17.8 Å². The van der Waals surface area contributed by atoms with Crippen molar-refractivity contribution in [1.82, 2.24) is 4.57 Å². The zero-order valence-electron chi connectivity index (χ0n) is 20.8. The number of aliphatic hydroxyl groups is 1. The molecule has 1 aliphatic heterocycles. The molecular weight excluding hydrogens is 420 g/mol. The number of fused-ring (bicyclic) bond motifs is 2. The van der Waals surface area contributed by atoms with Crippen LogP contribution in [-0.2, 0) is 28.9 Å². The number of benzene rings is 1. The average molecular weight is 459 g/mol. The molecule has 32 heavy (non-hydrogen) atoms. The standard InChI is InChI=1S/C25H38N2O4Si/c1-24(2,3)31-23(29)26-12-10-9-11-18-13-19-14-20(16-30-32(7,8)25(4,5)6)27(17-28)22(19)15-21(18)26/h9-10,13-15,28H,11-12,16-17H2,1-8H3. The zero-order valence-corrected chi connectivity index (χ0v) is 21.8. The average Bonchev–Trinajstić information content (AvgIpc) is 2.85. The summed E-state index contributed by atoms with van der Waals surface area (Å²) in [4.78, 5) is 14.6. The Morgan fingerprint density at radius 2 is 1.78 bits per heavy atom. The maximum absolute atomic E-state index is 12.9. The molecule has 0 saturated carbocycles. The van der Waals surface area contributed by atoms with Gasteiger partial charge < -0.3 is 18.8 Å². The van der Waals surface area contributed by atoms with Crippen LogP contribution in [0.1, 0.15) is 52.8 Å². The lowest BCUT2D eigenvalue weighted by atomic mass is 10.1. The molecule has 0 fully saturated rings. The highest BCUT2D eigenvalue weighted by molar-refractivity contribution is 6.74. The van der Waals surface area contributed by atoms with Crippen molar-refractivity contribution in [2.75, 3.05) is 11.4 Å². The lowest BCUT2D eigenvalue weighted by Gasteiger charge is -2.36. The number of carbonyl (C=O) groups excluding carboxylic acids is 1. The molecule has 2 heterocycles. The number of hydrogen-bond donors (Lipinski definition) is 1. The van der Waals surface area contributed by atoms with Crippen molar-refractivity contribution in [3.05, 3.63) is 41.6 Å². The first kappa shape index (κ1) is 24.5. The van der Waals surface area contributed by atoms with Gasteiger partial charge in [-0.15, -0.1) is 0 Å². The summed E-state index contributed by atoms with van der Waals surface area (Å²) < 4.78 is 13.9. The number of ether oxygens (including phenoxy) is 1. The second-order valence-electron chi connectivity index (χ2n) is 11.1. The molecule has 0 atom stereocenters. The van der Waals surface area contributed by atoms with E-state index in [9.17, 15) is 9.90 Å². The highest BCUT2D eigenvalue weighted by atomic mass is 28.4. The first-order valence-electron chi connectivity index (χ1n) is 11.3. The molecule has 1 N–H and O–H groups in total. The number of rotatable bonds is 4. The highest BCUT2D eigenvalue weighted by Gasteiger charge is 2.37. The smallest absolute Gasteiger partial charge is 0.415 e. The minimum atomic E-state index is -1.93. The third-order valence-corrected chi connectivity index (χ3v) is 10.9. The van der Waals surface area contributed by atoms with E-state index in [0.29, 0.717) is 13.2 Å². The Morgan fingerprint density at radius 1 is 1.09 bits per heavy atom. The van der Waals surface area contributed by atoms with Crippen molar-refractivity contribution < 1.29 is 19.1 Å². The summed E-state index contributed by atoms with van der Waals surface area (Å²) in [6.45, 7) is 17.5. The number of hydrogen-bond acceptors (Lipinski definition) is 4. The molecule has 1 aromatic carbocycles. The third kappa shape index (κ3) is 5.11. The normalized spacial score (nSPS) is 15.1. The third-order valence-electron chi connectivity index (χ3n) is 6.41. The minimum absolute atomic E-state index is 0.112. The molecule has 0 spiro atoms. The molecule has 176 valence electrons. The van der Waals surface area contributed by atoms with Gasteiger partial charge in [-0.2, -0.15) is 0 Å². The lowest BCUT2D eigenvalue weighted by Crippen LogP contribution is -2.40. The Labute approximate surface area is 192 Å². The van der Waals surface area contributed by atoms with Gasteiger partial charge in [0.2, 0.25) is 0 Å². The van der Waals surface area contributed by atoms with E-state index in [4.69, 9.17) is 9.16 Å². The number of nitrogens with zero attached hydrogens (tertiary/aromatic N) is 2. The van der Waals surface area contributed by atoms with Crippen molar-refractivity contribution >= 4 is 31.0 Å². The molecule has 1 aromatic heterocycles. The van der Waals surface area contributed by atoms with Crippen molar-refractivity contribution in [2.45, 2.75) is 85.0 Å². The molecule has 0 unspecified atom stereocenters. The van der Waals surface area contributed by atoms with E-state index in [1.165, 1.54) is 0 Å². The van der Waals surface area contributed by atoms with E-state index >= 15 is 0 Å². The van der Waals surface area contributed by atoms with Gasteiger partial charge in [0.1, 0.15) is 12.3 Å². The summed E-state index contributed by atoms with van der Waals surface area (Å²) in [5, 5.41) is 11.3. The quantitative estimate of drug-likeness (QED) is 0.453. The van der Waals surface area contributed by atoms with Gasteiger partial charge in [0, 0.05) is 17.6 Å². The van der Waals surface area contributed by atoms with E-state index in [2.05, 4.69) is 52.1 Å². The van der Waals surface area contributed by atoms with Crippen molar-refractivity contribution in [2.24, 2.45) is 0 Å². The summed E-state index contributed by atoms with van der Waals surface area (Å²) in [5.74, 6) is 0. The summed E-state index contributed by atoms with van der Waals surface area (Å²) in [6, 6.07) is 6.19. The van der Waals surface area contributed by atoms with Crippen LogP contribution in [0.25, 0.3) is 10.9 Å². The lowest BCUT2D eigenvalue weighted by molar-refractivity contribution is 0.0584. The van der Waals surface area contributed by atoms with Gasteiger partial charge in [0.15, 0.2) is 8.32 Å². The monoisotopic (exact) mass is 458 g/mol. The van der Waals surface area contributed by atoms with E-state index in [1.807, 2.05) is 37.5 Å². The van der Waals surface area contributed by atoms with E-state index in [-0.39, 0.29) is 17.9 Å². The first-order chi connectivity index (χ1) is 14.7. The number of carbonyl (C=O) groups is 1. The highest BCUT2D eigenvalue weighted by Crippen LogP contribution is 2.38. The predicted molar refractivity (Wildman–Crippen MR) is 133 cm³/mol. The number of anilines is 1. The van der Waals surface area contributed by atoms with E-state index in [1.54, 1.807) is 4.90 Å². The first-order valence-corrected chi connectivity index (χ1v) is 14.2. The maximum atomic E-state index is 12.9. The van der Waals surface area contributed by atoms with E-state index in [0.717, 1.165) is 34.3 Å². The van der Waals surface area contributed by atoms with Crippen LogP contribution in [-0.4, -0.2) is 36.2 Å². The number of aliphatic hydroxyl groups excluding tert-OH is 1. The minimum Gasteiger partial charge on any atom is -0.443 e. The molecule has 2 aromatic rings. The van der Waals surface area contributed by atoms with Gasteiger partial charge in [-0.25, -0.2) is 4.79 Å². The molecule has 0 aliphatic carbocycles. The summed E-state index contributed by atoms with van der Waals surface area (Å²) >= 11 is 0. The number of allylic oxidation sites excluding steroid dienone is 1. The molecule has 1 amide bonds. The second-order valence-corrected chi connectivity index (χ2v) is 15.9. The SMILES string of the molecule is CC(C)(C)OC(=O)N1CC=CCc2cc3cc(CO[Si](C)(C)C(C)(C)C)n(CO)c3cc21. The van der Waals surface area contributed by atoms with Gasteiger partial charge in [0.25, 0.3) is 0 Å². The molecule has 3 rings (SSSR count).